The van der Waals surface area contributed by atoms with E-state index in [1.807, 2.05) is 22.4 Å². The van der Waals surface area contributed by atoms with Crippen LogP contribution in [0.4, 0.5) is 0 Å². The van der Waals surface area contributed by atoms with Gasteiger partial charge in [-0.25, -0.2) is 0 Å². The molecule has 2 heterocycles. The predicted octanol–water partition coefficient (Wildman–Crippen LogP) is 2.02. The fraction of sp³-hybridized carbons (Fsp3) is 0.615. The Hall–Kier alpha value is -0.870. The second-order valence-electron chi connectivity index (χ2n) is 4.96. The maximum absolute atomic E-state index is 12.3. The number of hydrogen-bond donors (Lipinski definition) is 1. The van der Waals surface area contributed by atoms with Crippen LogP contribution in [0.15, 0.2) is 17.5 Å². The van der Waals surface area contributed by atoms with Gasteiger partial charge >= 0.3 is 0 Å². The summed E-state index contributed by atoms with van der Waals surface area (Å²) in [6, 6.07) is 4.01. The Morgan fingerprint density at radius 2 is 2.41 bits per heavy atom. The lowest BCUT2D eigenvalue weighted by molar-refractivity contribution is -0.138. The highest BCUT2D eigenvalue weighted by Gasteiger charge is 2.35. The largest absolute Gasteiger partial charge is 0.336 e. The van der Waals surface area contributed by atoms with Crippen molar-refractivity contribution in [1.29, 1.82) is 0 Å². The molecule has 1 saturated heterocycles. The minimum atomic E-state index is -0.132. The van der Waals surface area contributed by atoms with Gasteiger partial charge in [0.25, 0.3) is 0 Å². The van der Waals surface area contributed by atoms with Crippen molar-refractivity contribution in [2.75, 3.05) is 13.1 Å². The normalized spacial score (nSPS) is 24.9. The molecule has 17 heavy (non-hydrogen) atoms. The van der Waals surface area contributed by atoms with Crippen molar-refractivity contribution in [2.45, 2.75) is 38.1 Å². The molecule has 1 aromatic heterocycles. The van der Waals surface area contributed by atoms with Crippen molar-refractivity contribution in [2.24, 2.45) is 5.73 Å². The summed E-state index contributed by atoms with van der Waals surface area (Å²) in [7, 11) is 0. The van der Waals surface area contributed by atoms with E-state index in [0.717, 1.165) is 24.3 Å². The zero-order valence-corrected chi connectivity index (χ0v) is 11.1. The highest BCUT2D eigenvalue weighted by Crippen LogP contribution is 2.27. The van der Waals surface area contributed by atoms with Crippen LogP contribution < -0.4 is 5.73 Å². The Morgan fingerprint density at radius 3 is 3.06 bits per heavy atom. The quantitative estimate of drug-likeness (QED) is 0.894. The highest BCUT2D eigenvalue weighted by molar-refractivity contribution is 7.10. The van der Waals surface area contributed by atoms with Crippen LogP contribution >= 0.6 is 11.3 Å². The van der Waals surface area contributed by atoms with Crippen molar-refractivity contribution in [1.82, 2.24) is 4.90 Å². The molecule has 94 valence electrons. The average Bonchev–Trinajstić information content (AvgIpc) is 2.82. The fourth-order valence-corrected chi connectivity index (χ4v) is 3.17. The molecule has 2 N–H and O–H groups in total. The minimum absolute atomic E-state index is 0.132. The molecule has 1 amide bonds. The zero-order valence-electron chi connectivity index (χ0n) is 10.3. The maximum atomic E-state index is 12.3. The van der Waals surface area contributed by atoms with Crippen LogP contribution in [0, 0.1) is 0 Å². The molecule has 0 aliphatic carbocycles. The first kappa shape index (κ1) is 12.6. The predicted molar refractivity (Wildman–Crippen MR) is 71.0 cm³/mol. The van der Waals surface area contributed by atoms with Crippen molar-refractivity contribution < 1.29 is 4.79 Å². The van der Waals surface area contributed by atoms with Gasteiger partial charge in [0.2, 0.25) is 5.91 Å². The number of nitrogens with two attached hydrogens (primary N) is 1. The number of thiophene rings is 1. The molecule has 0 saturated carbocycles. The number of hydrogen-bond acceptors (Lipinski definition) is 3. The van der Waals surface area contributed by atoms with Gasteiger partial charge in [-0.3, -0.25) is 4.79 Å². The lowest BCUT2D eigenvalue weighted by atomic mass is 9.88. The van der Waals surface area contributed by atoms with E-state index in [-0.39, 0.29) is 11.4 Å². The summed E-state index contributed by atoms with van der Waals surface area (Å²) >= 11 is 1.64. The zero-order chi connectivity index (χ0) is 12.3. The van der Waals surface area contributed by atoms with E-state index in [2.05, 4.69) is 6.92 Å². The minimum Gasteiger partial charge on any atom is -0.336 e. The Labute approximate surface area is 107 Å². The molecular formula is C13H20N2OS. The third kappa shape index (κ3) is 2.69. The Morgan fingerprint density at radius 1 is 1.59 bits per heavy atom. The summed E-state index contributed by atoms with van der Waals surface area (Å²) in [6.45, 7) is 3.53. The van der Waals surface area contributed by atoms with E-state index >= 15 is 0 Å². The highest BCUT2D eigenvalue weighted by atomic mass is 32.1. The van der Waals surface area contributed by atoms with E-state index < -0.39 is 0 Å². The molecule has 0 radical (unpaired) electrons. The topological polar surface area (TPSA) is 46.3 Å². The van der Waals surface area contributed by atoms with Gasteiger partial charge in [-0.05, 0) is 37.6 Å². The molecule has 3 nitrogen and oxygen atoms in total. The summed E-state index contributed by atoms with van der Waals surface area (Å²) in [5, 5.41) is 2.01. The SMILES string of the molecule is CC1(CN)CCCCN1C(=O)Cc1cccs1. The Balaban J connectivity index is 2.06. The van der Waals surface area contributed by atoms with Crippen LogP contribution in [-0.4, -0.2) is 29.4 Å². The molecule has 1 unspecified atom stereocenters. The van der Waals surface area contributed by atoms with E-state index in [0.29, 0.717) is 13.0 Å². The van der Waals surface area contributed by atoms with E-state index in [9.17, 15) is 4.79 Å². The maximum Gasteiger partial charge on any atom is 0.228 e. The number of rotatable bonds is 3. The Kier molecular flexibility index (Phi) is 3.84. The molecule has 1 fully saturated rings. The van der Waals surface area contributed by atoms with Crippen LogP contribution in [0.2, 0.25) is 0 Å². The molecule has 4 heteroatoms. The first-order valence-corrected chi connectivity index (χ1v) is 7.06. The molecule has 0 bridgehead atoms. The van der Waals surface area contributed by atoms with Gasteiger partial charge in [0.1, 0.15) is 0 Å². The smallest absolute Gasteiger partial charge is 0.228 e. The monoisotopic (exact) mass is 252 g/mol. The number of nitrogens with zero attached hydrogens (tertiary/aromatic N) is 1. The van der Waals surface area contributed by atoms with Gasteiger partial charge in [0.05, 0.1) is 12.0 Å². The Bertz CT molecular complexity index is 377. The summed E-state index contributed by atoms with van der Waals surface area (Å²) in [5.74, 6) is 0.222. The number of carbonyl (C=O) groups is 1. The van der Waals surface area contributed by atoms with Crippen molar-refractivity contribution in [3.8, 4) is 0 Å². The summed E-state index contributed by atoms with van der Waals surface area (Å²) in [4.78, 5) is 15.5. The van der Waals surface area contributed by atoms with Crippen molar-refractivity contribution >= 4 is 17.2 Å². The summed E-state index contributed by atoms with van der Waals surface area (Å²) < 4.78 is 0. The van der Waals surface area contributed by atoms with Crippen molar-refractivity contribution in [3.63, 3.8) is 0 Å². The van der Waals surface area contributed by atoms with E-state index in [1.165, 1.54) is 6.42 Å². The molecule has 0 spiro atoms. The lowest BCUT2D eigenvalue weighted by Crippen LogP contribution is -2.57. The van der Waals surface area contributed by atoms with Gasteiger partial charge in [-0.2, -0.15) is 0 Å². The molecule has 1 aliphatic rings. The second kappa shape index (κ2) is 5.19. The average molecular weight is 252 g/mol. The standard InChI is InChI=1S/C13H20N2OS/c1-13(10-14)6-2-3-7-15(13)12(16)9-11-5-4-8-17-11/h4-5,8H,2-3,6-7,9-10,14H2,1H3. The van der Waals surface area contributed by atoms with Gasteiger partial charge in [0.15, 0.2) is 0 Å². The van der Waals surface area contributed by atoms with Crippen LogP contribution in [0.25, 0.3) is 0 Å². The van der Waals surface area contributed by atoms with E-state index in [1.54, 1.807) is 11.3 Å². The van der Waals surface area contributed by atoms with Crippen LogP contribution in [-0.2, 0) is 11.2 Å². The van der Waals surface area contributed by atoms with Gasteiger partial charge in [-0.1, -0.05) is 6.07 Å². The first-order valence-electron chi connectivity index (χ1n) is 6.19. The third-order valence-corrected chi connectivity index (χ3v) is 4.52. The molecule has 2 rings (SSSR count). The fourth-order valence-electron chi connectivity index (χ4n) is 2.48. The third-order valence-electron chi connectivity index (χ3n) is 3.65. The molecule has 0 aromatic carbocycles. The molecule has 1 atom stereocenters. The summed E-state index contributed by atoms with van der Waals surface area (Å²) in [6.07, 6.45) is 3.83. The first-order chi connectivity index (χ1) is 8.15. The lowest BCUT2D eigenvalue weighted by Gasteiger charge is -2.44. The molecule has 1 aliphatic heterocycles. The molecule has 1 aromatic rings. The van der Waals surface area contributed by atoms with E-state index in [4.69, 9.17) is 5.73 Å². The number of likely N-dealkylation sites (tertiary alicyclic amines) is 1. The van der Waals surface area contributed by atoms with Gasteiger partial charge < -0.3 is 10.6 Å². The van der Waals surface area contributed by atoms with Crippen LogP contribution in [0.5, 0.6) is 0 Å². The summed E-state index contributed by atoms with van der Waals surface area (Å²) in [5.41, 5.74) is 5.72. The number of carbonyl (C=O) groups excluding carboxylic acids is 1. The number of amides is 1. The van der Waals surface area contributed by atoms with Crippen LogP contribution in [0.3, 0.4) is 0 Å². The van der Waals surface area contributed by atoms with Gasteiger partial charge in [0, 0.05) is 18.0 Å². The van der Waals surface area contributed by atoms with Crippen LogP contribution in [0.1, 0.15) is 31.1 Å². The van der Waals surface area contributed by atoms with Crippen molar-refractivity contribution in [3.05, 3.63) is 22.4 Å². The van der Waals surface area contributed by atoms with Gasteiger partial charge in [-0.15, -0.1) is 11.3 Å². The molecular weight excluding hydrogens is 232 g/mol. The second-order valence-corrected chi connectivity index (χ2v) is 5.99. The number of piperidine rings is 1.